The summed E-state index contributed by atoms with van der Waals surface area (Å²) in [6.07, 6.45) is -0.226. The number of nitrogens with one attached hydrogen (secondary N) is 2. The first-order chi connectivity index (χ1) is 14.7. The molecule has 0 aromatic heterocycles. The Morgan fingerprint density at radius 2 is 1.90 bits per heavy atom. The first-order valence-electron chi connectivity index (χ1n) is 10.7. The number of hydrogen-bond donors (Lipinski definition) is 2. The molecule has 2 saturated heterocycles. The van der Waals surface area contributed by atoms with Crippen LogP contribution in [0.3, 0.4) is 0 Å². The van der Waals surface area contributed by atoms with Crippen LogP contribution >= 0.6 is 0 Å². The monoisotopic (exact) mass is 439 g/mol. The molecule has 2 heterocycles. The lowest BCUT2D eigenvalue weighted by atomic mass is 9.91. The van der Waals surface area contributed by atoms with Gasteiger partial charge in [-0.3, -0.25) is 14.4 Å². The lowest BCUT2D eigenvalue weighted by Gasteiger charge is -2.32. The molecular formula is C22H28F3N3O3. The van der Waals surface area contributed by atoms with Crippen LogP contribution in [0.25, 0.3) is 0 Å². The summed E-state index contributed by atoms with van der Waals surface area (Å²) in [4.78, 5) is 37.6. The summed E-state index contributed by atoms with van der Waals surface area (Å²) in [6, 6.07) is 4.88. The van der Waals surface area contributed by atoms with E-state index in [0.717, 1.165) is 25.0 Å². The van der Waals surface area contributed by atoms with E-state index in [4.69, 9.17) is 0 Å². The molecule has 0 aliphatic carbocycles. The zero-order valence-corrected chi connectivity index (χ0v) is 17.3. The molecule has 3 rings (SSSR count). The first kappa shape index (κ1) is 23.1. The highest BCUT2D eigenvalue weighted by Crippen LogP contribution is 2.29. The second kappa shape index (κ2) is 10.2. The second-order valence-electron chi connectivity index (χ2n) is 8.34. The van der Waals surface area contributed by atoms with Crippen LogP contribution in [-0.4, -0.2) is 41.8 Å². The normalized spacial score (nSPS) is 19.9. The van der Waals surface area contributed by atoms with E-state index in [9.17, 15) is 27.6 Å². The van der Waals surface area contributed by atoms with Gasteiger partial charge in [-0.25, -0.2) is 0 Å². The molecule has 6 nitrogen and oxygen atoms in total. The Kier molecular flexibility index (Phi) is 7.56. The fourth-order valence-corrected chi connectivity index (χ4v) is 4.12. The predicted molar refractivity (Wildman–Crippen MR) is 108 cm³/mol. The van der Waals surface area contributed by atoms with Crippen molar-refractivity contribution in [1.82, 2.24) is 15.5 Å². The Labute approximate surface area is 179 Å². The maximum Gasteiger partial charge on any atom is 0.416 e. The van der Waals surface area contributed by atoms with Gasteiger partial charge in [-0.05, 0) is 49.3 Å². The van der Waals surface area contributed by atoms with Gasteiger partial charge in [0, 0.05) is 44.9 Å². The Hall–Kier alpha value is -2.58. The third-order valence-corrected chi connectivity index (χ3v) is 6.00. The van der Waals surface area contributed by atoms with Crippen LogP contribution in [-0.2, 0) is 27.1 Å². The van der Waals surface area contributed by atoms with E-state index in [2.05, 4.69) is 10.6 Å². The summed E-state index contributed by atoms with van der Waals surface area (Å²) in [5, 5.41) is 5.50. The number of halogens is 3. The van der Waals surface area contributed by atoms with Crippen molar-refractivity contribution < 1.29 is 27.6 Å². The molecule has 0 saturated carbocycles. The predicted octanol–water partition coefficient (Wildman–Crippen LogP) is 3.01. The molecule has 2 fully saturated rings. The number of benzene rings is 1. The lowest BCUT2D eigenvalue weighted by Crippen LogP contribution is -2.41. The summed E-state index contributed by atoms with van der Waals surface area (Å²) in [5.74, 6) is 0.217. The molecule has 1 aromatic carbocycles. The van der Waals surface area contributed by atoms with E-state index in [0.29, 0.717) is 56.7 Å². The highest BCUT2D eigenvalue weighted by Gasteiger charge is 2.30. The van der Waals surface area contributed by atoms with Crippen LogP contribution in [0.2, 0.25) is 0 Å². The Balaban J connectivity index is 1.33. The number of likely N-dealkylation sites (tertiary alicyclic amines) is 1. The van der Waals surface area contributed by atoms with Crippen molar-refractivity contribution in [2.75, 3.05) is 13.1 Å². The van der Waals surface area contributed by atoms with Gasteiger partial charge in [0.15, 0.2) is 0 Å². The molecule has 2 aliphatic heterocycles. The van der Waals surface area contributed by atoms with E-state index < -0.39 is 11.7 Å². The van der Waals surface area contributed by atoms with Crippen molar-refractivity contribution in [3.8, 4) is 0 Å². The summed E-state index contributed by atoms with van der Waals surface area (Å²) in [7, 11) is 0. The molecule has 0 unspecified atom stereocenters. The molecule has 1 atom stereocenters. The number of carbonyl (C=O) groups excluding carboxylic acids is 3. The number of piperidine rings is 1. The minimum Gasteiger partial charge on any atom is -0.353 e. The number of hydrogen-bond acceptors (Lipinski definition) is 3. The molecule has 2 N–H and O–H groups in total. The molecule has 1 aromatic rings. The van der Waals surface area contributed by atoms with E-state index in [-0.39, 0.29) is 30.3 Å². The van der Waals surface area contributed by atoms with Crippen LogP contribution in [0.15, 0.2) is 24.3 Å². The average molecular weight is 439 g/mol. The van der Waals surface area contributed by atoms with Crippen LogP contribution in [0.4, 0.5) is 13.2 Å². The summed E-state index contributed by atoms with van der Waals surface area (Å²) in [5.41, 5.74) is -0.315. The standard InChI is InChI=1S/C22H28F3N3O3/c23-22(24,25)17-3-1-2-16(12-17)14-26-19(29)6-4-15-8-10-28(11-9-15)21(31)13-18-5-7-20(30)27-18/h1-3,12,15,18H,4-11,13-14H2,(H,26,29)(H,27,30)/t18-/m1/s1. The van der Waals surface area contributed by atoms with Crippen molar-refractivity contribution in [1.29, 1.82) is 0 Å². The van der Waals surface area contributed by atoms with Crippen LogP contribution in [0.5, 0.6) is 0 Å². The topological polar surface area (TPSA) is 78.5 Å². The molecule has 3 amide bonds. The van der Waals surface area contributed by atoms with Gasteiger partial charge in [-0.1, -0.05) is 12.1 Å². The number of rotatable bonds is 7. The van der Waals surface area contributed by atoms with Gasteiger partial charge in [0.1, 0.15) is 0 Å². The van der Waals surface area contributed by atoms with Gasteiger partial charge in [0.25, 0.3) is 0 Å². The maximum absolute atomic E-state index is 12.8. The van der Waals surface area contributed by atoms with Gasteiger partial charge < -0.3 is 15.5 Å². The third kappa shape index (κ3) is 6.97. The van der Waals surface area contributed by atoms with Crippen LogP contribution in [0, 0.1) is 5.92 Å². The Morgan fingerprint density at radius 3 is 2.55 bits per heavy atom. The summed E-state index contributed by atoms with van der Waals surface area (Å²) < 4.78 is 38.3. The molecule has 31 heavy (non-hydrogen) atoms. The highest BCUT2D eigenvalue weighted by molar-refractivity contribution is 5.82. The Morgan fingerprint density at radius 1 is 1.16 bits per heavy atom. The molecule has 9 heteroatoms. The fourth-order valence-electron chi connectivity index (χ4n) is 4.12. The Bertz CT molecular complexity index is 805. The van der Waals surface area contributed by atoms with Crippen molar-refractivity contribution in [3.05, 3.63) is 35.4 Å². The average Bonchev–Trinajstić information content (AvgIpc) is 3.15. The van der Waals surface area contributed by atoms with Crippen molar-refractivity contribution in [2.45, 2.75) is 63.7 Å². The first-order valence-corrected chi connectivity index (χ1v) is 10.7. The minimum absolute atomic E-state index is 0.00263. The van der Waals surface area contributed by atoms with Gasteiger partial charge in [0.2, 0.25) is 17.7 Å². The van der Waals surface area contributed by atoms with Crippen molar-refractivity contribution in [2.24, 2.45) is 5.92 Å². The van der Waals surface area contributed by atoms with Crippen molar-refractivity contribution in [3.63, 3.8) is 0 Å². The molecule has 170 valence electrons. The van der Waals surface area contributed by atoms with Crippen LogP contribution in [0.1, 0.15) is 56.1 Å². The second-order valence-corrected chi connectivity index (χ2v) is 8.34. The van der Waals surface area contributed by atoms with Crippen LogP contribution < -0.4 is 10.6 Å². The van der Waals surface area contributed by atoms with Gasteiger partial charge in [-0.2, -0.15) is 13.2 Å². The van der Waals surface area contributed by atoms with E-state index in [1.165, 1.54) is 6.07 Å². The molecule has 2 aliphatic rings. The highest BCUT2D eigenvalue weighted by atomic mass is 19.4. The molecule has 0 bridgehead atoms. The number of nitrogens with zero attached hydrogens (tertiary/aromatic N) is 1. The van der Waals surface area contributed by atoms with E-state index in [1.54, 1.807) is 6.07 Å². The minimum atomic E-state index is -4.40. The largest absolute Gasteiger partial charge is 0.416 e. The number of amides is 3. The summed E-state index contributed by atoms with van der Waals surface area (Å²) in [6.45, 7) is 1.36. The SMILES string of the molecule is O=C(CCC1CCN(C(=O)C[C@H]2CCC(=O)N2)CC1)NCc1cccc(C(F)(F)F)c1. The lowest BCUT2D eigenvalue weighted by molar-refractivity contribution is -0.137. The summed E-state index contributed by atoms with van der Waals surface area (Å²) >= 11 is 0. The quantitative estimate of drug-likeness (QED) is 0.686. The smallest absolute Gasteiger partial charge is 0.353 e. The van der Waals surface area contributed by atoms with Gasteiger partial charge >= 0.3 is 6.18 Å². The molecular weight excluding hydrogens is 411 g/mol. The zero-order chi connectivity index (χ0) is 22.4. The molecule has 0 radical (unpaired) electrons. The van der Waals surface area contributed by atoms with E-state index >= 15 is 0 Å². The van der Waals surface area contributed by atoms with Gasteiger partial charge in [-0.15, -0.1) is 0 Å². The fraction of sp³-hybridized carbons (Fsp3) is 0.591. The number of carbonyl (C=O) groups is 3. The van der Waals surface area contributed by atoms with Gasteiger partial charge in [0.05, 0.1) is 5.56 Å². The number of alkyl halides is 3. The maximum atomic E-state index is 12.8. The zero-order valence-electron chi connectivity index (χ0n) is 17.3. The van der Waals surface area contributed by atoms with Crippen molar-refractivity contribution >= 4 is 17.7 Å². The van der Waals surface area contributed by atoms with E-state index in [1.807, 2.05) is 4.90 Å². The third-order valence-electron chi connectivity index (χ3n) is 6.00. The molecule has 0 spiro atoms.